The Kier molecular flexibility index (Phi) is 4.30. The normalized spacial score (nSPS) is 11.2. The predicted molar refractivity (Wildman–Crippen MR) is 107 cm³/mol. The van der Waals surface area contributed by atoms with E-state index in [0.29, 0.717) is 21.6 Å². The molecule has 1 aromatic carbocycles. The first kappa shape index (κ1) is 17.2. The molecule has 3 heterocycles. The molecule has 0 spiro atoms. The number of thiophene rings is 1. The van der Waals surface area contributed by atoms with Gasteiger partial charge in [-0.05, 0) is 50.6 Å². The lowest BCUT2D eigenvalue weighted by Crippen LogP contribution is -2.11. The van der Waals surface area contributed by atoms with Crippen LogP contribution in [0.5, 0.6) is 0 Å². The van der Waals surface area contributed by atoms with Crippen LogP contribution in [0.15, 0.2) is 28.7 Å². The zero-order chi connectivity index (χ0) is 18.4. The molecule has 0 aliphatic heterocycles. The number of aryl methyl sites for hydroxylation is 3. The van der Waals surface area contributed by atoms with Gasteiger partial charge in [0.1, 0.15) is 5.58 Å². The van der Waals surface area contributed by atoms with Crippen molar-refractivity contribution in [1.82, 2.24) is 9.36 Å². The van der Waals surface area contributed by atoms with Crippen LogP contribution in [0.4, 0.5) is 5.13 Å². The first-order chi connectivity index (χ1) is 12.4. The number of halogens is 1. The number of fused-ring (bicyclic) bond motifs is 1. The summed E-state index contributed by atoms with van der Waals surface area (Å²) >= 11 is 8.94. The van der Waals surface area contributed by atoms with Crippen LogP contribution >= 0.6 is 34.5 Å². The van der Waals surface area contributed by atoms with Crippen molar-refractivity contribution in [1.29, 1.82) is 0 Å². The van der Waals surface area contributed by atoms with Gasteiger partial charge in [-0.25, -0.2) is 0 Å². The van der Waals surface area contributed by atoms with Gasteiger partial charge in [0.05, 0.1) is 4.88 Å². The Labute approximate surface area is 162 Å². The van der Waals surface area contributed by atoms with Gasteiger partial charge in [0.25, 0.3) is 5.91 Å². The van der Waals surface area contributed by atoms with Gasteiger partial charge >= 0.3 is 0 Å². The van der Waals surface area contributed by atoms with Gasteiger partial charge in [0.15, 0.2) is 11.6 Å². The van der Waals surface area contributed by atoms with E-state index in [0.717, 1.165) is 32.9 Å². The van der Waals surface area contributed by atoms with E-state index in [4.69, 9.17) is 16.0 Å². The molecule has 0 saturated heterocycles. The summed E-state index contributed by atoms with van der Waals surface area (Å²) < 4.78 is 10.1. The fourth-order valence-electron chi connectivity index (χ4n) is 2.64. The number of aromatic nitrogens is 2. The number of nitrogens with one attached hydrogen (secondary N) is 1. The minimum absolute atomic E-state index is 0.255. The average Bonchev–Trinajstić information content (AvgIpc) is 3.29. The predicted octanol–water partition coefficient (Wildman–Crippen LogP) is 5.84. The lowest BCUT2D eigenvalue weighted by molar-refractivity contribution is 0.0998. The van der Waals surface area contributed by atoms with Crippen LogP contribution in [0.25, 0.3) is 21.7 Å². The Morgan fingerprint density at radius 2 is 2.04 bits per heavy atom. The Bertz CT molecular complexity index is 1140. The second-order valence-corrected chi connectivity index (χ2v) is 8.39. The van der Waals surface area contributed by atoms with Crippen molar-refractivity contribution in [2.45, 2.75) is 20.8 Å². The topological polar surface area (TPSA) is 68.0 Å². The van der Waals surface area contributed by atoms with Crippen LogP contribution < -0.4 is 5.32 Å². The van der Waals surface area contributed by atoms with Gasteiger partial charge in [-0.15, -0.1) is 11.3 Å². The molecular formula is C18H14ClN3O2S2. The van der Waals surface area contributed by atoms with Gasteiger partial charge in [-0.1, -0.05) is 11.6 Å². The van der Waals surface area contributed by atoms with Gasteiger partial charge in [-0.2, -0.15) is 9.36 Å². The van der Waals surface area contributed by atoms with E-state index in [9.17, 15) is 4.79 Å². The third-order valence-electron chi connectivity index (χ3n) is 4.03. The summed E-state index contributed by atoms with van der Waals surface area (Å²) in [5.41, 5.74) is 2.29. The number of nitrogens with zero attached hydrogens (tertiary/aromatic N) is 2. The van der Waals surface area contributed by atoms with E-state index in [1.165, 1.54) is 4.88 Å². The van der Waals surface area contributed by atoms with Crippen LogP contribution in [0.3, 0.4) is 0 Å². The van der Waals surface area contributed by atoms with E-state index in [-0.39, 0.29) is 11.7 Å². The smallest absolute Gasteiger partial charge is 0.293 e. The van der Waals surface area contributed by atoms with Crippen molar-refractivity contribution in [3.63, 3.8) is 0 Å². The molecule has 0 saturated carbocycles. The molecule has 132 valence electrons. The summed E-state index contributed by atoms with van der Waals surface area (Å²) in [6.45, 7) is 5.77. The quantitative estimate of drug-likeness (QED) is 0.466. The van der Waals surface area contributed by atoms with Gasteiger partial charge in [0.2, 0.25) is 5.13 Å². The lowest BCUT2D eigenvalue weighted by atomic mass is 10.1. The molecule has 0 aliphatic carbocycles. The van der Waals surface area contributed by atoms with Crippen LogP contribution in [-0.4, -0.2) is 15.3 Å². The van der Waals surface area contributed by atoms with Crippen molar-refractivity contribution < 1.29 is 9.21 Å². The second kappa shape index (κ2) is 6.50. The number of rotatable bonds is 3. The third-order valence-corrected chi connectivity index (χ3v) is 6.07. The molecule has 0 atom stereocenters. The van der Waals surface area contributed by atoms with Crippen LogP contribution in [0.2, 0.25) is 5.02 Å². The molecule has 1 amide bonds. The third kappa shape index (κ3) is 3.02. The summed E-state index contributed by atoms with van der Waals surface area (Å²) in [5.74, 6) is 0.523. The number of furan rings is 1. The van der Waals surface area contributed by atoms with E-state index in [1.807, 2.05) is 45.0 Å². The van der Waals surface area contributed by atoms with Crippen LogP contribution in [-0.2, 0) is 0 Å². The highest BCUT2D eigenvalue weighted by Gasteiger charge is 2.20. The van der Waals surface area contributed by atoms with Gasteiger partial charge in [-0.3, -0.25) is 10.1 Å². The largest absolute Gasteiger partial charge is 0.451 e. The van der Waals surface area contributed by atoms with Crippen LogP contribution in [0, 0.1) is 20.8 Å². The highest BCUT2D eigenvalue weighted by molar-refractivity contribution is 7.15. The fraction of sp³-hybridized carbons (Fsp3) is 0.167. The van der Waals surface area contributed by atoms with Crippen molar-refractivity contribution in [2.75, 3.05) is 5.32 Å². The molecule has 8 heteroatoms. The Hall–Kier alpha value is -2.22. The minimum Gasteiger partial charge on any atom is -0.451 e. The summed E-state index contributed by atoms with van der Waals surface area (Å²) in [4.78, 5) is 19.2. The molecule has 0 unspecified atom stereocenters. The fourth-order valence-corrected chi connectivity index (χ4v) is 4.24. The Morgan fingerprint density at radius 1 is 1.23 bits per heavy atom. The molecule has 0 radical (unpaired) electrons. The summed E-state index contributed by atoms with van der Waals surface area (Å²) in [6, 6.07) is 7.65. The number of amides is 1. The number of carbonyl (C=O) groups is 1. The average molecular weight is 404 g/mol. The Morgan fingerprint density at radius 3 is 2.77 bits per heavy atom. The zero-order valence-electron chi connectivity index (χ0n) is 14.2. The van der Waals surface area contributed by atoms with Crippen molar-refractivity contribution >= 4 is 56.5 Å². The molecule has 4 rings (SSSR count). The standard InChI is InChI=1S/C18H14ClN3O2S2/c1-8-6-13-11(7-12(8)19)10(3)15(24-13)17(23)21-18-20-16(22-26-18)14-5-4-9(2)25-14/h4-7H,1-3H3,(H,20,21,22,23). The van der Waals surface area contributed by atoms with Gasteiger partial charge in [0, 0.05) is 32.4 Å². The SMILES string of the molecule is Cc1ccc(-c2nsc(NC(=O)c3oc4cc(C)c(Cl)cc4c3C)n2)s1. The highest BCUT2D eigenvalue weighted by Crippen LogP contribution is 2.31. The maximum absolute atomic E-state index is 12.6. The molecule has 0 fully saturated rings. The minimum atomic E-state index is -0.350. The highest BCUT2D eigenvalue weighted by atomic mass is 35.5. The molecule has 4 aromatic rings. The summed E-state index contributed by atoms with van der Waals surface area (Å²) in [6.07, 6.45) is 0. The van der Waals surface area contributed by atoms with E-state index < -0.39 is 0 Å². The monoisotopic (exact) mass is 403 g/mol. The second-order valence-electron chi connectivity index (χ2n) is 5.94. The molecule has 5 nitrogen and oxygen atoms in total. The summed E-state index contributed by atoms with van der Waals surface area (Å²) in [5, 5.41) is 4.68. The number of carbonyl (C=O) groups excluding carboxylic acids is 1. The number of hydrogen-bond acceptors (Lipinski definition) is 6. The first-order valence-electron chi connectivity index (χ1n) is 7.83. The van der Waals surface area contributed by atoms with Crippen LogP contribution in [0.1, 0.15) is 26.6 Å². The number of hydrogen-bond donors (Lipinski definition) is 1. The molecule has 26 heavy (non-hydrogen) atoms. The maximum atomic E-state index is 12.6. The Balaban J connectivity index is 1.62. The molecule has 0 aliphatic rings. The maximum Gasteiger partial charge on any atom is 0.293 e. The van der Waals surface area contributed by atoms with E-state index >= 15 is 0 Å². The van der Waals surface area contributed by atoms with E-state index in [1.54, 1.807) is 11.3 Å². The molecule has 1 N–H and O–H groups in total. The molecule has 3 aromatic heterocycles. The lowest BCUT2D eigenvalue weighted by Gasteiger charge is -1.98. The number of anilines is 1. The molecule has 0 bridgehead atoms. The summed E-state index contributed by atoms with van der Waals surface area (Å²) in [7, 11) is 0. The first-order valence-corrected chi connectivity index (χ1v) is 9.80. The van der Waals surface area contributed by atoms with Crippen molar-refractivity contribution in [3.05, 3.63) is 51.1 Å². The van der Waals surface area contributed by atoms with Crippen molar-refractivity contribution in [2.24, 2.45) is 0 Å². The van der Waals surface area contributed by atoms with Gasteiger partial charge < -0.3 is 4.42 Å². The van der Waals surface area contributed by atoms with E-state index in [2.05, 4.69) is 14.7 Å². The number of benzene rings is 1. The zero-order valence-corrected chi connectivity index (χ0v) is 16.6. The molecular weight excluding hydrogens is 390 g/mol. The van der Waals surface area contributed by atoms with Crippen molar-refractivity contribution in [3.8, 4) is 10.7 Å².